The molecule has 5 nitrogen and oxygen atoms in total. The highest BCUT2D eigenvalue weighted by Gasteiger charge is 2.25. The number of rotatable bonds is 5. The molecule has 17 heavy (non-hydrogen) atoms. The predicted octanol–water partition coefficient (Wildman–Crippen LogP) is 0.258. The van der Waals surface area contributed by atoms with Crippen molar-refractivity contribution in [3.8, 4) is 0 Å². The summed E-state index contributed by atoms with van der Waals surface area (Å²) in [6, 6.07) is 3.47. The zero-order valence-corrected chi connectivity index (χ0v) is 10.1. The number of ether oxygens (including phenoxy) is 1. The van der Waals surface area contributed by atoms with Gasteiger partial charge < -0.3 is 10.1 Å². The van der Waals surface area contributed by atoms with E-state index in [4.69, 9.17) is 4.74 Å². The van der Waals surface area contributed by atoms with Crippen LogP contribution in [0.3, 0.4) is 0 Å². The summed E-state index contributed by atoms with van der Waals surface area (Å²) >= 11 is 0. The molecule has 1 N–H and O–H groups in total. The van der Waals surface area contributed by atoms with Gasteiger partial charge in [-0.15, -0.1) is 0 Å². The summed E-state index contributed by atoms with van der Waals surface area (Å²) < 4.78 is 6.92. The molecule has 1 aliphatic rings. The minimum absolute atomic E-state index is 0.0469. The maximum absolute atomic E-state index is 11.6. The van der Waals surface area contributed by atoms with Gasteiger partial charge in [0.05, 0.1) is 13.2 Å². The maximum Gasteiger partial charge on any atom is 0.266 e. The lowest BCUT2D eigenvalue weighted by Crippen LogP contribution is -2.42. The molecule has 2 atom stereocenters. The van der Waals surface area contributed by atoms with E-state index in [9.17, 15) is 4.79 Å². The van der Waals surface area contributed by atoms with E-state index in [1.807, 2.05) is 0 Å². The first-order chi connectivity index (χ1) is 8.31. The van der Waals surface area contributed by atoms with Gasteiger partial charge in [-0.2, -0.15) is 5.10 Å². The van der Waals surface area contributed by atoms with Gasteiger partial charge in [0.1, 0.15) is 0 Å². The molecular weight excluding hydrogens is 218 g/mol. The van der Waals surface area contributed by atoms with Gasteiger partial charge in [0.2, 0.25) is 0 Å². The fourth-order valence-electron chi connectivity index (χ4n) is 2.22. The van der Waals surface area contributed by atoms with Crippen LogP contribution in [0.1, 0.15) is 13.3 Å². The molecule has 5 heteroatoms. The molecule has 1 saturated heterocycles. The Hall–Kier alpha value is -1.20. The molecule has 2 unspecified atom stereocenters. The molecular formula is C12H19N3O2. The van der Waals surface area contributed by atoms with E-state index in [1.54, 1.807) is 18.3 Å². The average molecular weight is 237 g/mol. The van der Waals surface area contributed by atoms with Gasteiger partial charge in [0.25, 0.3) is 5.56 Å². The second kappa shape index (κ2) is 5.93. The molecule has 2 rings (SSSR count). The molecule has 0 aliphatic carbocycles. The summed E-state index contributed by atoms with van der Waals surface area (Å²) in [7, 11) is 0. The summed E-state index contributed by atoms with van der Waals surface area (Å²) in [5.41, 5.74) is -0.0469. The van der Waals surface area contributed by atoms with Crippen LogP contribution < -0.4 is 10.9 Å². The number of nitrogens with zero attached hydrogens (tertiary/aromatic N) is 2. The topological polar surface area (TPSA) is 56.2 Å². The summed E-state index contributed by atoms with van der Waals surface area (Å²) in [6.45, 7) is 5.18. The van der Waals surface area contributed by atoms with Gasteiger partial charge in [-0.3, -0.25) is 4.79 Å². The smallest absolute Gasteiger partial charge is 0.266 e. The van der Waals surface area contributed by atoms with E-state index in [0.717, 1.165) is 26.2 Å². The van der Waals surface area contributed by atoms with E-state index >= 15 is 0 Å². The van der Waals surface area contributed by atoms with Crippen LogP contribution in [0.5, 0.6) is 0 Å². The Morgan fingerprint density at radius 1 is 1.71 bits per heavy atom. The van der Waals surface area contributed by atoms with Crippen molar-refractivity contribution in [3.63, 3.8) is 0 Å². The number of nitrogens with one attached hydrogen (secondary N) is 1. The molecule has 1 aromatic rings. The Bertz CT molecular complexity index is 399. The lowest BCUT2D eigenvalue weighted by atomic mass is 9.99. The molecule has 94 valence electrons. The monoisotopic (exact) mass is 237 g/mol. The molecule has 2 heterocycles. The van der Waals surface area contributed by atoms with Gasteiger partial charge in [-0.1, -0.05) is 6.92 Å². The first-order valence-corrected chi connectivity index (χ1v) is 6.14. The molecule has 0 aromatic carbocycles. The van der Waals surface area contributed by atoms with Gasteiger partial charge in [-0.05, 0) is 19.0 Å². The quantitative estimate of drug-likeness (QED) is 0.798. The number of likely N-dealkylation sites (N-methyl/N-ethyl adjacent to an activating group) is 1. The van der Waals surface area contributed by atoms with E-state index in [0.29, 0.717) is 12.5 Å². The Morgan fingerprint density at radius 3 is 3.24 bits per heavy atom. The van der Waals surface area contributed by atoms with Crippen molar-refractivity contribution in [2.24, 2.45) is 5.92 Å². The van der Waals surface area contributed by atoms with Gasteiger partial charge in [0.15, 0.2) is 0 Å². The first-order valence-electron chi connectivity index (χ1n) is 6.14. The third-order valence-corrected chi connectivity index (χ3v) is 3.16. The minimum atomic E-state index is -0.0469. The highest BCUT2D eigenvalue weighted by molar-refractivity contribution is 4.87. The summed E-state index contributed by atoms with van der Waals surface area (Å²) in [4.78, 5) is 11.6. The molecule has 0 bridgehead atoms. The largest absolute Gasteiger partial charge is 0.381 e. The van der Waals surface area contributed by atoms with E-state index < -0.39 is 0 Å². The van der Waals surface area contributed by atoms with Crippen LogP contribution in [0.2, 0.25) is 0 Å². The Labute approximate surface area is 101 Å². The second-order valence-electron chi connectivity index (χ2n) is 4.33. The summed E-state index contributed by atoms with van der Waals surface area (Å²) in [5.74, 6) is 0.476. The molecule has 1 aromatic heterocycles. The van der Waals surface area contributed by atoms with Crippen molar-refractivity contribution in [2.75, 3.05) is 19.8 Å². The number of hydrogen-bond acceptors (Lipinski definition) is 4. The highest BCUT2D eigenvalue weighted by Crippen LogP contribution is 2.17. The van der Waals surface area contributed by atoms with E-state index in [1.165, 1.54) is 4.68 Å². The fraction of sp³-hybridized carbons (Fsp3) is 0.667. The average Bonchev–Trinajstić information content (AvgIpc) is 2.85. The zero-order chi connectivity index (χ0) is 12.1. The van der Waals surface area contributed by atoms with Gasteiger partial charge in [-0.25, -0.2) is 4.68 Å². The maximum atomic E-state index is 11.6. The molecule has 0 saturated carbocycles. The SMILES string of the molecule is CCNC(Cn1ncccc1=O)C1CCOC1. The van der Waals surface area contributed by atoms with Crippen LogP contribution >= 0.6 is 0 Å². The third kappa shape index (κ3) is 3.14. The lowest BCUT2D eigenvalue weighted by molar-refractivity contribution is 0.173. The van der Waals surface area contributed by atoms with Gasteiger partial charge in [0, 0.05) is 30.8 Å². The predicted molar refractivity (Wildman–Crippen MR) is 64.9 cm³/mol. The summed E-state index contributed by atoms with van der Waals surface area (Å²) in [5, 5.41) is 7.52. The van der Waals surface area contributed by atoms with Crippen LogP contribution in [0, 0.1) is 5.92 Å². The summed E-state index contributed by atoms with van der Waals surface area (Å²) in [6.07, 6.45) is 2.70. The molecule has 0 spiro atoms. The highest BCUT2D eigenvalue weighted by atomic mass is 16.5. The van der Waals surface area contributed by atoms with Crippen LogP contribution in [0.4, 0.5) is 0 Å². The lowest BCUT2D eigenvalue weighted by Gasteiger charge is -2.23. The van der Waals surface area contributed by atoms with Crippen molar-refractivity contribution >= 4 is 0 Å². The molecule has 1 fully saturated rings. The minimum Gasteiger partial charge on any atom is -0.381 e. The van der Waals surface area contributed by atoms with Crippen molar-refractivity contribution in [1.29, 1.82) is 0 Å². The zero-order valence-electron chi connectivity index (χ0n) is 10.1. The Morgan fingerprint density at radius 2 is 2.59 bits per heavy atom. The third-order valence-electron chi connectivity index (χ3n) is 3.16. The molecule has 0 radical (unpaired) electrons. The van der Waals surface area contributed by atoms with Crippen LogP contribution in [0.25, 0.3) is 0 Å². The standard InChI is InChI=1S/C12H19N3O2/c1-2-13-11(10-5-7-17-9-10)8-15-12(16)4-3-6-14-15/h3-4,6,10-11,13H,2,5,7-9H2,1H3. The van der Waals surface area contributed by atoms with Crippen molar-refractivity contribution in [2.45, 2.75) is 25.9 Å². The van der Waals surface area contributed by atoms with Crippen molar-refractivity contribution in [1.82, 2.24) is 15.1 Å². The van der Waals surface area contributed by atoms with Crippen molar-refractivity contribution < 1.29 is 4.74 Å². The normalized spacial score (nSPS) is 21.6. The van der Waals surface area contributed by atoms with E-state index in [2.05, 4.69) is 17.3 Å². The van der Waals surface area contributed by atoms with Crippen LogP contribution in [0.15, 0.2) is 23.1 Å². The van der Waals surface area contributed by atoms with Crippen LogP contribution in [-0.2, 0) is 11.3 Å². The van der Waals surface area contributed by atoms with Crippen LogP contribution in [-0.4, -0.2) is 35.6 Å². The fourth-order valence-corrected chi connectivity index (χ4v) is 2.22. The molecule has 0 amide bonds. The van der Waals surface area contributed by atoms with E-state index in [-0.39, 0.29) is 11.6 Å². The number of aromatic nitrogens is 2. The number of hydrogen-bond donors (Lipinski definition) is 1. The Kier molecular flexibility index (Phi) is 4.28. The van der Waals surface area contributed by atoms with Gasteiger partial charge >= 0.3 is 0 Å². The first kappa shape index (κ1) is 12.3. The second-order valence-corrected chi connectivity index (χ2v) is 4.33. The Balaban J connectivity index is 2.06. The van der Waals surface area contributed by atoms with Crippen molar-refractivity contribution in [3.05, 3.63) is 28.7 Å². The molecule has 1 aliphatic heterocycles.